The lowest BCUT2D eigenvalue weighted by Gasteiger charge is -2.28. The monoisotopic (exact) mass is 170 g/mol. The number of hydrogen-bond donors (Lipinski definition) is 0. The molecule has 1 heterocycles. The molecule has 0 bridgehead atoms. The molecule has 0 saturated carbocycles. The molecule has 11 heavy (non-hydrogen) atoms. The third kappa shape index (κ3) is 2.26. The summed E-state index contributed by atoms with van der Waals surface area (Å²) in [7, 11) is 0. The minimum Gasteiger partial charge on any atom is -0.130 e. The summed E-state index contributed by atoms with van der Waals surface area (Å²) in [5.41, 5.74) is 0.436. The maximum Gasteiger partial charge on any atom is -0.00202 e. The summed E-state index contributed by atoms with van der Waals surface area (Å²) in [5, 5.41) is 0. The second-order valence-corrected chi connectivity index (χ2v) is 4.93. The van der Waals surface area contributed by atoms with E-state index in [1.54, 1.807) is 4.91 Å². The third-order valence-electron chi connectivity index (χ3n) is 2.49. The molecule has 0 amide bonds. The topological polar surface area (TPSA) is 0 Å². The lowest BCUT2D eigenvalue weighted by atomic mass is 9.89. The SMILES string of the molecule is CCC(C)(C)C1=CCCCS1. The van der Waals surface area contributed by atoms with E-state index in [4.69, 9.17) is 0 Å². The smallest absolute Gasteiger partial charge is 0.00202 e. The largest absolute Gasteiger partial charge is 0.130 e. The fourth-order valence-electron chi connectivity index (χ4n) is 1.20. The van der Waals surface area contributed by atoms with Gasteiger partial charge in [0.15, 0.2) is 0 Å². The molecule has 0 atom stereocenters. The first-order chi connectivity index (χ1) is 5.17. The Bertz CT molecular complexity index is 156. The van der Waals surface area contributed by atoms with E-state index in [0.29, 0.717) is 5.41 Å². The van der Waals surface area contributed by atoms with Crippen molar-refractivity contribution in [2.24, 2.45) is 5.41 Å². The van der Waals surface area contributed by atoms with Gasteiger partial charge < -0.3 is 0 Å². The van der Waals surface area contributed by atoms with Crippen LogP contribution in [0.3, 0.4) is 0 Å². The quantitative estimate of drug-likeness (QED) is 0.607. The molecular formula is C10H18S. The summed E-state index contributed by atoms with van der Waals surface area (Å²) in [6.45, 7) is 6.96. The summed E-state index contributed by atoms with van der Waals surface area (Å²) in [6, 6.07) is 0. The Balaban J connectivity index is 2.64. The lowest BCUT2D eigenvalue weighted by Crippen LogP contribution is -2.13. The van der Waals surface area contributed by atoms with E-state index in [9.17, 15) is 0 Å². The molecule has 0 radical (unpaired) electrons. The summed E-state index contributed by atoms with van der Waals surface area (Å²) in [6.07, 6.45) is 6.35. The van der Waals surface area contributed by atoms with Crippen molar-refractivity contribution in [1.29, 1.82) is 0 Å². The van der Waals surface area contributed by atoms with E-state index in [0.717, 1.165) is 0 Å². The number of allylic oxidation sites excluding steroid dienone is 2. The zero-order chi connectivity index (χ0) is 8.32. The van der Waals surface area contributed by atoms with E-state index in [-0.39, 0.29) is 0 Å². The van der Waals surface area contributed by atoms with Crippen LogP contribution in [0.5, 0.6) is 0 Å². The summed E-state index contributed by atoms with van der Waals surface area (Å²) < 4.78 is 0. The van der Waals surface area contributed by atoms with Crippen molar-refractivity contribution in [1.82, 2.24) is 0 Å². The van der Waals surface area contributed by atoms with Gasteiger partial charge in [-0.15, -0.1) is 11.8 Å². The average molecular weight is 170 g/mol. The molecule has 0 saturated heterocycles. The Kier molecular flexibility index (Phi) is 3.06. The van der Waals surface area contributed by atoms with Crippen molar-refractivity contribution in [3.05, 3.63) is 11.0 Å². The van der Waals surface area contributed by atoms with Crippen LogP contribution >= 0.6 is 11.8 Å². The Morgan fingerprint density at radius 3 is 2.73 bits per heavy atom. The minimum absolute atomic E-state index is 0.436. The van der Waals surface area contributed by atoms with Gasteiger partial charge in [0, 0.05) is 0 Å². The molecule has 0 unspecified atom stereocenters. The third-order valence-corrected chi connectivity index (χ3v) is 4.01. The number of thioether (sulfide) groups is 1. The predicted octanol–water partition coefficient (Wildman–Crippen LogP) is 3.83. The van der Waals surface area contributed by atoms with Crippen LogP contribution in [0.1, 0.15) is 40.0 Å². The second-order valence-electron chi connectivity index (χ2n) is 3.80. The van der Waals surface area contributed by atoms with Gasteiger partial charge in [-0.25, -0.2) is 0 Å². The standard InChI is InChI=1S/C10H18S/c1-4-10(2,3)9-7-5-6-8-11-9/h7H,4-6,8H2,1-3H3. The fraction of sp³-hybridized carbons (Fsp3) is 0.800. The van der Waals surface area contributed by atoms with E-state index >= 15 is 0 Å². The average Bonchev–Trinajstić information content (AvgIpc) is 2.06. The van der Waals surface area contributed by atoms with Gasteiger partial charge in [-0.2, -0.15) is 0 Å². The van der Waals surface area contributed by atoms with Crippen LogP contribution in [0.4, 0.5) is 0 Å². The van der Waals surface area contributed by atoms with Crippen LogP contribution in [0.25, 0.3) is 0 Å². The summed E-state index contributed by atoms with van der Waals surface area (Å²) in [4.78, 5) is 1.62. The maximum atomic E-state index is 2.43. The molecule has 0 aliphatic carbocycles. The van der Waals surface area contributed by atoms with E-state index in [1.807, 2.05) is 0 Å². The van der Waals surface area contributed by atoms with Gasteiger partial charge in [-0.3, -0.25) is 0 Å². The van der Waals surface area contributed by atoms with Crippen LogP contribution < -0.4 is 0 Å². The molecule has 1 heteroatoms. The fourth-order valence-corrected chi connectivity index (χ4v) is 2.51. The van der Waals surface area contributed by atoms with E-state index in [1.165, 1.54) is 25.0 Å². The van der Waals surface area contributed by atoms with Gasteiger partial charge in [0.05, 0.1) is 0 Å². The summed E-state index contributed by atoms with van der Waals surface area (Å²) in [5.74, 6) is 1.33. The second kappa shape index (κ2) is 3.66. The van der Waals surface area contributed by atoms with Crippen molar-refractivity contribution in [3.8, 4) is 0 Å². The van der Waals surface area contributed by atoms with Gasteiger partial charge in [0.25, 0.3) is 0 Å². The van der Waals surface area contributed by atoms with Crippen molar-refractivity contribution < 1.29 is 0 Å². The van der Waals surface area contributed by atoms with Crippen molar-refractivity contribution in [2.75, 3.05) is 5.75 Å². The number of rotatable bonds is 2. The molecule has 1 aliphatic heterocycles. The highest BCUT2D eigenvalue weighted by Gasteiger charge is 2.22. The highest BCUT2D eigenvalue weighted by Crippen LogP contribution is 2.40. The molecule has 0 fully saturated rings. The highest BCUT2D eigenvalue weighted by atomic mass is 32.2. The molecule has 0 nitrogen and oxygen atoms in total. The zero-order valence-corrected chi connectivity index (χ0v) is 8.63. The molecule has 0 N–H and O–H groups in total. The van der Waals surface area contributed by atoms with Gasteiger partial charge in [-0.05, 0) is 35.3 Å². The lowest BCUT2D eigenvalue weighted by molar-refractivity contribution is 0.450. The van der Waals surface area contributed by atoms with Gasteiger partial charge in [0.1, 0.15) is 0 Å². The van der Waals surface area contributed by atoms with Gasteiger partial charge in [-0.1, -0.05) is 26.8 Å². The molecule has 1 aliphatic rings. The van der Waals surface area contributed by atoms with Crippen molar-refractivity contribution in [3.63, 3.8) is 0 Å². The Hall–Kier alpha value is 0.0900. The predicted molar refractivity (Wildman–Crippen MR) is 53.8 cm³/mol. The highest BCUT2D eigenvalue weighted by molar-refractivity contribution is 8.03. The van der Waals surface area contributed by atoms with Crippen LogP contribution in [-0.2, 0) is 0 Å². The minimum atomic E-state index is 0.436. The van der Waals surface area contributed by atoms with Crippen LogP contribution in [0.15, 0.2) is 11.0 Å². The Labute approximate surface area is 74.5 Å². The molecule has 1 rings (SSSR count). The molecule has 0 aromatic carbocycles. The van der Waals surface area contributed by atoms with Crippen LogP contribution in [-0.4, -0.2) is 5.75 Å². The molecular weight excluding hydrogens is 152 g/mol. The molecule has 0 aromatic heterocycles. The Morgan fingerprint density at radius 1 is 1.55 bits per heavy atom. The van der Waals surface area contributed by atoms with Crippen molar-refractivity contribution >= 4 is 11.8 Å². The van der Waals surface area contributed by atoms with Gasteiger partial charge in [0.2, 0.25) is 0 Å². The Morgan fingerprint density at radius 2 is 2.27 bits per heavy atom. The van der Waals surface area contributed by atoms with Gasteiger partial charge >= 0.3 is 0 Å². The van der Waals surface area contributed by atoms with Crippen LogP contribution in [0.2, 0.25) is 0 Å². The first-order valence-electron chi connectivity index (χ1n) is 4.50. The van der Waals surface area contributed by atoms with Crippen molar-refractivity contribution in [2.45, 2.75) is 40.0 Å². The molecule has 0 aromatic rings. The van der Waals surface area contributed by atoms with E-state index in [2.05, 4.69) is 38.6 Å². The normalized spacial score (nSPS) is 19.7. The first kappa shape index (κ1) is 9.18. The maximum absolute atomic E-state index is 2.43. The zero-order valence-electron chi connectivity index (χ0n) is 7.81. The summed E-state index contributed by atoms with van der Waals surface area (Å²) >= 11 is 2.06. The van der Waals surface area contributed by atoms with Crippen LogP contribution in [0, 0.1) is 5.41 Å². The molecule has 0 spiro atoms. The number of hydrogen-bond acceptors (Lipinski definition) is 1. The molecule has 64 valence electrons. The van der Waals surface area contributed by atoms with E-state index < -0.39 is 0 Å². The first-order valence-corrected chi connectivity index (χ1v) is 5.49.